The first-order valence-electron chi connectivity index (χ1n) is 9.42. The van der Waals surface area contributed by atoms with Gasteiger partial charge in [-0.15, -0.1) is 11.6 Å². The number of hydrogen-bond acceptors (Lipinski definition) is 6. The standard InChI is InChI=1S/C21H28ClN4O3P/c1-25(2)18-7-5-17(6-8-18)15-23-24-21(27)16-30(28,29-14-13-22)20-11-9-19(10-12-20)26(3)4/h5-12,15H,13-14,16H2,1-4H3,(H,24,27). The van der Waals surface area contributed by atoms with Crippen molar-refractivity contribution in [1.29, 1.82) is 0 Å². The predicted molar refractivity (Wildman–Crippen MR) is 126 cm³/mol. The molecule has 0 heterocycles. The summed E-state index contributed by atoms with van der Waals surface area (Å²) in [5.74, 6) is -0.312. The lowest BCUT2D eigenvalue weighted by atomic mass is 10.2. The molecular formula is C21H28ClN4O3P. The Bertz CT molecular complexity index is 899. The van der Waals surface area contributed by atoms with Crippen LogP contribution in [0, 0.1) is 0 Å². The van der Waals surface area contributed by atoms with E-state index in [2.05, 4.69) is 10.5 Å². The molecule has 0 spiro atoms. The number of halogens is 1. The number of carbonyl (C=O) groups is 1. The molecule has 1 unspecified atom stereocenters. The van der Waals surface area contributed by atoms with Gasteiger partial charge < -0.3 is 14.3 Å². The van der Waals surface area contributed by atoms with Crippen LogP contribution in [-0.4, -0.2) is 59.0 Å². The molecule has 30 heavy (non-hydrogen) atoms. The van der Waals surface area contributed by atoms with Gasteiger partial charge in [0, 0.05) is 50.8 Å². The Morgan fingerprint density at radius 2 is 1.57 bits per heavy atom. The number of amides is 1. The summed E-state index contributed by atoms with van der Waals surface area (Å²) < 4.78 is 18.9. The molecule has 0 saturated heterocycles. The van der Waals surface area contributed by atoms with Crippen LogP contribution in [0.25, 0.3) is 0 Å². The van der Waals surface area contributed by atoms with Gasteiger partial charge in [-0.3, -0.25) is 9.36 Å². The average molecular weight is 451 g/mol. The zero-order chi connectivity index (χ0) is 22.1. The SMILES string of the molecule is CN(C)c1ccc(C=NNC(=O)CP(=O)(OCCCl)c2ccc(N(C)C)cc2)cc1. The molecule has 7 nitrogen and oxygen atoms in total. The second kappa shape index (κ2) is 11.2. The van der Waals surface area contributed by atoms with Crippen LogP contribution in [0.2, 0.25) is 0 Å². The molecule has 0 aromatic heterocycles. The van der Waals surface area contributed by atoms with Crippen LogP contribution < -0.4 is 20.5 Å². The zero-order valence-corrected chi connectivity index (χ0v) is 19.4. The summed E-state index contributed by atoms with van der Waals surface area (Å²) in [5, 5.41) is 4.43. The van der Waals surface area contributed by atoms with Crippen molar-refractivity contribution in [2.75, 3.05) is 56.6 Å². The van der Waals surface area contributed by atoms with Crippen molar-refractivity contribution in [3.05, 3.63) is 54.1 Å². The van der Waals surface area contributed by atoms with Crippen molar-refractivity contribution >= 4 is 47.8 Å². The molecule has 0 saturated carbocycles. The molecule has 0 radical (unpaired) electrons. The fourth-order valence-corrected chi connectivity index (χ4v) is 4.68. The van der Waals surface area contributed by atoms with E-state index in [1.165, 1.54) is 6.21 Å². The van der Waals surface area contributed by atoms with Crippen molar-refractivity contribution in [1.82, 2.24) is 5.43 Å². The van der Waals surface area contributed by atoms with Gasteiger partial charge >= 0.3 is 0 Å². The summed E-state index contributed by atoms with van der Waals surface area (Å²) in [6, 6.07) is 14.8. The quantitative estimate of drug-likeness (QED) is 0.260. The van der Waals surface area contributed by atoms with Crippen molar-refractivity contribution in [3.63, 3.8) is 0 Å². The Morgan fingerprint density at radius 1 is 1.03 bits per heavy atom. The van der Waals surface area contributed by atoms with E-state index in [1.807, 2.05) is 74.4 Å². The highest BCUT2D eigenvalue weighted by molar-refractivity contribution is 7.67. The summed E-state index contributed by atoms with van der Waals surface area (Å²) in [6.07, 6.45) is 1.22. The molecule has 1 N–H and O–H groups in total. The smallest absolute Gasteiger partial charge is 0.250 e. The molecule has 0 aliphatic heterocycles. The van der Waals surface area contributed by atoms with Crippen LogP contribution in [-0.2, 0) is 13.9 Å². The Balaban J connectivity index is 2.06. The number of hydrazone groups is 1. The number of nitrogens with zero attached hydrogens (tertiary/aromatic N) is 3. The van der Waals surface area contributed by atoms with Gasteiger partial charge in [-0.2, -0.15) is 5.10 Å². The first kappa shape index (κ1) is 23.9. The molecule has 2 rings (SSSR count). The third kappa shape index (κ3) is 6.87. The van der Waals surface area contributed by atoms with Gasteiger partial charge in [0.25, 0.3) is 0 Å². The number of alkyl halides is 1. The van der Waals surface area contributed by atoms with Gasteiger partial charge in [0.05, 0.1) is 12.8 Å². The highest BCUT2D eigenvalue weighted by Crippen LogP contribution is 2.45. The third-order valence-electron chi connectivity index (χ3n) is 4.30. The fraction of sp³-hybridized carbons (Fsp3) is 0.333. The third-order valence-corrected chi connectivity index (χ3v) is 6.84. The fourth-order valence-electron chi connectivity index (χ4n) is 2.63. The maximum atomic E-state index is 13.4. The number of carbonyl (C=O) groups excluding carboxylic acids is 1. The van der Waals surface area contributed by atoms with Crippen LogP contribution >= 0.6 is 19.0 Å². The van der Waals surface area contributed by atoms with Crippen molar-refractivity contribution in [2.24, 2.45) is 5.10 Å². The van der Waals surface area contributed by atoms with E-state index in [9.17, 15) is 9.36 Å². The maximum absolute atomic E-state index is 13.4. The van der Waals surface area contributed by atoms with Crippen molar-refractivity contribution < 1.29 is 13.9 Å². The van der Waals surface area contributed by atoms with Crippen LogP contribution in [0.15, 0.2) is 53.6 Å². The second-order valence-electron chi connectivity index (χ2n) is 7.04. The number of nitrogens with one attached hydrogen (secondary N) is 1. The van der Waals surface area contributed by atoms with Crippen LogP contribution in [0.3, 0.4) is 0 Å². The predicted octanol–water partition coefficient (Wildman–Crippen LogP) is 3.13. The minimum atomic E-state index is -3.42. The zero-order valence-electron chi connectivity index (χ0n) is 17.7. The number of benzene rings is 2. The molecule has 2 aromatic rings. The topological polar surface area (TPSA) is 74.2 Å². The highest BCUT2D eigenvalue weighted by atomic mass is 35.5. The minimum absolute atomic E-state index is 0.0863. The maximum Gasteiger partial charge on any atom is 0.250 e. The lowest BCUT2D eigenvalue weighted by Gasteiger charge is -2.19. The lowest BCUT2D eigenvalue weighted by molar-refractivity contribution is -0.118. The molecule has 0 aliphatic rings. The Morgan fingerprint density at radius 3 is 2.07 bits per heavy atom. The normalized spacial score (nSPS) is 13.1. The lowest BCUT2D eigenvalue weighted by Crippen LogP contribution is -2.25. The first-order chi connectivity index (χ1) is 14.2. The molecule has 0 aliphatic carbocycles. The van der Waals surface area contributed by atoms with Crippen molar-refractivity contribution in [3.8, 4) is 0 Å². The minimum Gasteiger partial charge on any atom is -0.378 e. The van der Waals surface area contributed by atoms with E-state index in [4.69, 9.17) is 16.1 Å². The van der Waals surface area contributed by atoms with Gasteiger partial charge in [-0.1, -0.05) is 12.1 Å². The monoisotopic (exact) mass is 450 g/mol. The average Bonchev–Trinajstić information content (AvgIpc) is 2.72. The number of rotatable bonds is 10. The summed E-state index contributed by atoms with van der Waals surface area (Å²) in [6.45, 7) is 0.0863. The van der Waals surface area contributed by atoms with Gasteiger partial charge in [0.1, 0.15) is 6.16 Å². The summed E-state index contributed by atoms with van der Waals surface area (Å²) in [4.78, 5) is 16.3. The molecular weight excluding hydrogens is 423 g/mol. The van der Waals surface area contributed by atoms with Gasteiger partial charge in [0.15, 0.2) is 0 Å². The van der Waals surface area contributed by atoms with Crippen LogP contribution in [0.1, 0.15) is 5.56 Å². The van der Waals surface area contributed by atoms with E-state index in [1.54, 1.807) is 12.1 Å². The van der Waals surface area contributed by atoms with Gasteiger partial charge in [-0.25, -0.2) is 5.43 Å². The summed E-state index contributed by atoms with van der Waals surface area (Å²) in [5.41, 5.74) is 5.28. The van der Waals surface area contributed by atoms with Gasteiger partial charge in [-0.05, 0) is 42.0 Å². The van der Waals surface area contributed by atoms with Crippen LogP contribution in [0.4, 0.5) is 11.4 Å². The second-order valence-corrected chi connectivity index (χ2v) is 9.86. The molecule has 2 aromatic carbocycles. The molecule has 1 amide bonds. The molecule has 9 heteroatoms. The molecule has 1 atom stereocenters. The molecule has 0 fully saturated rings. The summed E-state index contributed by atoms with van der Waals surface area (Å²) >= 11 is 5.70. The van der Waals surface area contributed by atoms with Crippen LogP contribution in [0.5, 0.6) is 0 Å². The Kier molecular flexibility index (Phi) is 8.90. The number of hydrogen-bond donors (Lipinski definition) is 1. The first-order valence-corrected chi connectivity index (χ1v) is 11.8. The Labute approximate surface area is 183 Å². The van der Waals surface area contributed by atoms with E-state index in [0.29, 0.717) is 5.30 Å². The van der Waals surface area contributed by atoms with E-state index < -0.39 is 13.3 Å². The number of anilines is 2. The largest absolute Gasteiger partial charge is 0.378 e. The van der Waals surface area contributed by atoms with E-state index in [0.717, 1.165) is 16.9 Å². The van der Waals surface area contributed by atoms with E-state index >= 15 is 0 Å². The van der Waals surface area contributed by atoms with E-state index in [-0.39, 0.29) is 18.6 Å². The molecule has 162 valence electrons. The Hall–Kier alpha value is -2.34. The molecule has 0 bridgehead atoms. The summed E-state index contributed by atoms with van der Waals surface area (Å²) in [7, 11) is 4.33. The highest BCUT2D eigenvalue weighted by Gasteiger charge is 2.29. The van der Waals surface area contributed by atoms with Gasteiger partial charge in [0.2, 0.25) is 13.3 Å². The van der Waals surface area contributed by atoms with Crippen molar-refractivity contribution in [2.45, 2.75) is 0 Å².